The topological polar surface area (TPSA) is 40.5 Å². The van der Waals surface area contributed by atoms with Crippen LogP contribution in [0.5, 0.6) is 0 Å². The predicted molar refractivity (Wildman–Crippen MR) is 86.2 cm³/mol. The molecule has 2 atom stereocenters. The fourth-order valence-electron chi connectivity index (χ4n) is 3.22. The molecule has 0 aliphatic carbocycles. The third-order valence-electron chi connectivity index (χ3n) is 4.41. The Hall–Kier alpha value is -2.13. The van der Waals surface area contributed by atoms with E-state index in [9.17, 15) is 9.90 Å². The summed E-state index contributed by atoms with van der Waals surface area (Å²) in [4.78, 5) is 14.5. The Balaban J connectivity index is 1.72. The van der Waals surface area contributed by atoms with Crippen molar-refractivity contribution in [3.63, 3.8) is 0 Å². The summed E-state index contributed by atoms with van der Waals surface area (Å²) in [6.45, 7) is 0.685. The molecular formula is C19H21NO2. The van der Waals surface area contributed by atoms with Gasteiger partial charge in [-0.05, 0) is 24.0 Å². The van der Waals surface area contributed by atoms with Crippen molar-refractivity contribution in [2.75, 3.05) is 13.2 Å². The van der Waals surface area contributed by atoms with Crippen molar-refractivity contribution in [3.05, 3.63) is 71.8 Å². The Morgan fingerprint density at radius 2 is 1.68 bits per heavy atom. The molecule has 2 aromatic rings. The largest absolute Gasteiger partial charge is 0.394 e. The minimum atomic E-state index is -0.227. The number of likely N-dealkylation sites (tertiary alicyclic amines) is 1. The van der Waals surface area contributed by atoms with E-state index in [1.54, 1.807) is 0 Å². The molecule has 22 heavy (non-hydrogen) atoms. The van der Waals surface area contributed by atoms with Crippen LogP contribution < -0.4 is 0 Å². The number of amides is 1. The number of benzene rings is 2. The van der Waals surface area contributed by atoms with Crippen molar-refractivity contribution in [1.29, 1.82) is 0 Å². The highest BCUT2D eigenvalue weighted by Crippen LogP contribution is 2.30. The smallest absolute Gasteiger partial charge is 0.226 e. The first kappa shape index (κ1) is 14.8. The molecule has 2 aromatic carbocycles. The zero-order valence-electron chi connectivity index (χ0n) is 12.6. The minimum absolute atomic E-state index is 0.0279. The van der Waals surface area contributed by atoms with Gasteiger partial charge < -0.3 is 10.0 Å². The average molecular weight is 295 g/mol. The average Bonchev–Trinajstić information content (AvgIpc) is 2.92. The molecule has 114 valence electrons. The highest BCUT2D eigenvalue weighted by atomic mass is 16.3. The van der Waals surface area contributed by atoms with Gasteiger partial charge in [-0.3, -0.25) is 4.79 Å². The molecule has 0 bridgehead atoms. The summed E-state index contributed by atoms with van der Waals surface area (Å²) in [5, 5.41) is 9.74. The van der Waals surface area contributed by atoms with E-state index >= 15 is 0 Å². The summed E-state index contributed by atoms with van der Waals surface area (Å²) in [5.74, 6) is 0.187. The number of aliphatic hydroxyl groups excluding tert-OH is 1. The molecule has 0 saturated carbocycles. The fraction of sp³-hybridized carbons (Fsp3) is 0.316. The molecule has 1 amide bonds. The standard InChI is InChI=1S/C19H21NO2/c21-14-18(16-9-5-2-6-10-16)20-12-11-17(19(20)22)13-15-7-3-1-4-8-15/h1-10,17-18,21H,11-14H2/t17-,18-/m0/s1. The molecule has 1 aliphatic rings. The normalized spacial score (nSPS) is 19.4. The van der Waals surface area contributed by atoms with Gasteiger partial charge in [0.15, 0.2) is 0 Å². The maximum atomic E-state index is 12.7. The number of hydrogen-bond acceptors (Lipinski definition) is 2. The third kappa shape index (κ3) is 3.04. The van der Waals surface area contributed by atoms with Gasteiger partial charge in [0, 0.05) is 12.5 Å². The number of aliphatic hydroxyl groups is 1. The Morgan fingerprint density at radius 1 is 1.05 bits per heavy atom. The van der Waals surface area contributed by atoms with Crippen LogP contribution in [-0.2, 0) is 11.2 Å². The first-order valence-corrected chi connectivity index (χ1v) is 7.80. The quantitative estimate of drug-likeness (QED) is 0.921. The van der Waals surface area contributed by atoms with E-state index in [1.165, 1.54) is 5.56 Å². The van der Waals surface area contributed by atoms with Gasteiger partial charge in [0.25, 0.3) is 0 Å². The number of rotatable bonds is 5. The molecule has 3 nitrogen and oxygen atoms in total. The fourth-order valence-corrected chi connectivity index (χ4v) is 3.22. The van der Waals surface area contributed by atoms with Gasteiger partial charge in [-0.25, -0.2) is 0 Å². The molecule has 3 rings (SSSR count). The molecule has 3 heteroatoms. The molecular weight excluding hydrogens is 274 g/mol. The first-order chi connectivity index (χ1) is 10.8. The molecule has 1 aliphatic heterocycles. The van der Waals surface area contributed by atoms with Crippen LogP contribution in [0.4, 0.5) is 0 Å². The molecule has 0 aromatic heterocycles. The lowest BCUT2D eigenvalue weighted by Gasteiger charge is -2.27. The summed E-state index contributed by atoms with van der Waals surface area (Å²) in [6.07, 6.45) is 1.64. The monoisotopic (exact) mass is 295 g/mol. The second-order valence-corrected chi connectivity index (χ2v) is 5.82. The molecule has 0 unspecified atom stereocenters. The van der Waals surface area contributed by atoms with E-state index in [1.807, 2.05) is 53.4 Å². The van der Waals surface area contributed by atoms with Gasteiger partial charge in [-0.1, -0.05) is 60.7 Å². The van der Waals surface area contributed by atoms with Crippen LogP contribution in [0.25, 0.3) is 0 Å². The summed E-state index contributed by atoms with van der Waals surface area (Å²) in [7, 11) is 0. The summed E-state index contributed by atoms with van der Waals surface area (Å²) >= 11 is 0. The SMILES string of the molecule is O=C1[C@H](Cc2ccccc2)CCN1[C@@H](CO)c1ccccc1. The van der Waals surface area contributed by atoms with Crippen molar-refractivity contribution in [1.82, 2.24) is 4.90 Å². The lowest BCUT2D eigenvalue weighted by atomic mass is 9.98. The number of nitrogens with zero attached hydrogens (tertiary/aromatic N) is 1. The highest BCUT2D eigenvalue weighted by molar-refractivity contribution is 5.81. The lowest BCUT2D eigenvalue weighted by Crippen LogP contribution is -2.34. The van der Waals surface area contributed by atoms with E-state index in [2.05, 4.69) is 12.1 Å². The van der Waals surface area contributed by atoms with Crippen LogP contribution in [0, 0.1) is 5.92 Å². The molecule has 0 radical (unpaired) electrons. The van der Waals surface area contributed by atoms with Crippen LogP contribution in [0.2, 0.25) is 0 Å². The van der Waals surface area contributed by atoms with Crippen molar-refractivity contribution in [2.45, 2.75) is 18.9 Å². The minimum Gasteiger partial charge on any atom is -0.394 e. The summed E-state index contributed by atoms with van der Waals surface area (Å²) < 4.78 is 0. The van der Waals surface area contributed by atoms with Crippen LogP contribution in [-0.4, -0.2) is 29.1 Å². The number of hydrogen-bond donors (Lipinski definition) is 1. The van der Waals surface area contributed by atoms with Crippen LogP contribution in [0.1, 0.15) is 23.6 Å². The zero-order chi connectivity index (χ0) is 15.4. The summed E-state index contributed by atoms with van der Waals surface area (Å²) in [6, 6.07) is 19.7. The van der Waals surface area contributed by atoms with E-state index in [0.29, 0.717) is 0 Å². The van der Waals surface area contributed by atoms with Crippen LogP contribution in [0.15, 0.2) is 60.7 Å². The molecule has 1 saturated heterocycles. The number of carbonyl (C=O) groups excluding carboxylic acids is 1. The summed E-state index contributed by atoms with van der Waals surface area (Å²) in [5.41, 5.74) is 2.20. The van der Waals surface area contributed by atoms with Gasteiger partial charge in [-0.15, -0.1) is 0 Å². The maximum Gasteiger partial charge on any atom is 0.226 e. The Kier molecular flexibility index (Phi) is 4.54. The molecule has 0 spiro atoms. The third-order valence-corrected chi connectivity index (χ3v) is 4.41. The van der Waals surface area contributed by atoms with Crippen molar-refractivity contribution in [2.24, 2.45) is 5.92 Å². The van der Waals surface area contributed by atoms with Gasteiger partial charge in [0.05, 0.1) is 12.6 Å². The molecule has 1 N–H and O–H groups in total. The first-order valence-electron chi connectivity index (χ1n) is 7.80. The molecule has 1 heterocycles. The Morgan fingerprint density at radius 3 is 2.32 bits per heavy atom. The van der Waals surface area contributed by atoms with Crippen molar-refractivity contribution >= 4 is 5.91 Å². The second-order valence-electron chi connectivity index (χ2n) is 5.82. The van der Waals surface area contributed by atoms with E-state index in [4.69, 9.17) is 0 Å². The van der Waals surface area contributed by atoms with Crippen molar-refractivity contribution < 1.29 is 9.90 Å². The number of carbonyl (C=O) groups is 1. The van der Waals surface area contributed by atoms with E-state index < -0.39 is 0 Å². The van der Waals surface area contributed by atoms with Crippen LogP contribution >= 0.6 is 0 Å². The second kappa shape index (κ2) is 6.75. The van der Waals surface area contributed by atoms with Crippen molar-refractivity contribution in [3.8, 4) is 0 Å². The predicted octanol–water partition coefficient (Wildman–Crippen LogP) is 2.81. The zero-order valence-corrected chi connectivity index (χ0v) is 12.6. The van der Waals surface area contributed by atoms with Gasteiger partial charge in [0.1, 0.15) is 0 Å². The highest BCUT2D eigenvalue weighted by Gasteiger charge is 2.36. The van der Waals surface area contributed by atoms with E-state index in [-0.39, 0.29) is 24.5 Å². The van der Waals surface area contributed by atoms with Gasteiger partial charge >= 0.3 is 0 Å². The van der Waals surface area contributed by atoms with Gasteiger partial charge in [0.2, 0.25) is 5.91 Å². The van der Waals surface area contributed by atoms with E-state index in [0.717, 1.165) is 24.9 Å². The Bertz CT molecular complexity index is 612. The maximum absolute atomic E-state index is 12.7. The lowest BCUT2D eigenvalue weighted by molar-refractivity contribution is -0.133. The van der Waals surface area contributed by atoms with Crippen LogP contribution in [0.3, 0.4) is 0 Å². The molecule has 1 fully saturated rings. The Labute approximate surface area is 131 Å². The van der Waals surface area contributed by atoms with Gasteiger partial charge in [-0.2, -0.15) is 0 Å².